The predicted molar refractivity (Wildman–Crippen MR) is 102 cm³/mol. The number of hydrogen-bond donors (Lipinski definition) is 1. The summed E-state index contributed by atoms with van der Waals surface area (Å²) < 4.78 is 5.65. The second kappa shape index (κ2) is 9.21. The van der Waals surface area contributed by atoms with E-state index in [9.17, 15) is 0 Å². The van der Waals surface area contributed by atoms with Gasteiger partial charge in [-0.05, 0) is 18.9 Å². The standard InChI is InChI=1S/C15H24N6O.HI/c1-16-14(19-12-13-4-2-11-22-13)20-7-9-21(10-8-20)15-17-5-3-6-18-15;/h3,5-6,13H,2,4,7-12H2,1H3,(H,16,19);1H. The molecule has 1 unspecified atom stereocenters. The van der Waals surface area contributed by atoms with E-state index in [1.165, 1.54) is 6.42 Å². The Morgan fingerprint density at radius 3 is 2.65 bits per heavy atom. The lowest BCUT2D eigenvalue weighted by Crippen LogP contribution is -2.53. The monoisotopic (exact) mass is 432 g/mol. The van der Waals surface area contributed by atoms with E-state index in [0.717, 1.165) is 57.7 Å². The minimum absolute atomic E-state index is 0. The number of piperazine rings is 1. The zero-order valence-corrected chi connectivity index (χ0v) is 15.8. The minimum Gasteiger partial charge on any atom is -0.376 e. The largest absolute Gasteiger partial charge is 0.376 e. The van der Waals surface area contributed by atoms with Crippen LogP contribution in [0, 0.1) is 0 Å². The molecule has 2 fully saturated rings. The fourth-order valence-electron chi connectivity index (χ4n) is 2.92. The first-order chi connectivity index (χ1) is 10.9. The summed E-state index contributed by atoms with van der Waals surface area (Å²) in [5, 5.41) is 3.44. The number of rotatable bonds is 3. The van der Waals surface area contributed by atoms with Gasteiger partial charge >= 0.3 is 0 Å². The summed E-state index contributed by atoms with van der Waals surface area (Å²) in [5.74, 6) is 1.77. The van der Waals surface area contributed by atoms with E-state index in [1.807, 2.05) is 13.1 Å². The molecule has 7 nitrogen and oxygen atoms in total. The molecule has 2 aliphatic heterocycles. The van der Waals surface area contributed by atoms with E-state index in [2.05, 4.69) is 30.1 Å². The third kappa shape index (κ3) is 4.90. The summed E-state index contributed by atoms with van der Waals surface area (Å²) in [5.41, 5.74) is 0. The number of anilines is 1. The molecular weight excluding hydrogens is 407 g/mol. The second-order valence-electron chi connectivity index (χ2n) is 5.59. The maximum absolute atomic E-state index is 5.65. The zero-order valence-electron chi connectivity index (χ0n) is 13.5. The first kappa shape index (κ1) is 18.2. The van der Waals surface area contributed by atoms with Crippen molar-refractivity contribution >= 4 is 35.9 Å². The van der Waals surface area contributed by atoms with Gasteiger partial charge in [0.15, 0.2) is 5.96 Å². The molecule has 3 rings (SSSR count). The number of ether oxygens (including phenoxy) is 1. The van der Waals surface area contributed by atoms with Gasteiger partial charge in [-0.25, -0.2) is 9.97 Å². The number of aliphatic imine (C=N–C) groups is 1. The van der Waals surface area contributed by atoms with Gasteiger partial charge in [-0.15, -0.1) is 24.0 Å². The van der Waals surface area contributed by atoms with Gasteiger partial charge in [-0.3, -0.25) is 4.99 Å². The molecule has 128 valence electrons. The highest BCUT2D eigenvalue weighted by atomic mass is 127. The highest BCUT2D eigenvalue weighted by molar-refractivity contribution is 14.0. The lowest BCUT2D eigenvalue weighted by molar-refractivity contribution is 0.113. The molecule has 0 saturated carbocycles. The van der Waals surface area contributed by atoms with Gasteiger partial charge in [0.2, 0.25) is 5.95 Å². The van der Waals surface area contributed by atoms with Crippen LogP contribution in [0.4, 0.5) is 5.95 Å². The van der Waals surface area contributed by atoms with Gasteiger partial charge in [-0.1, -0.05) is 0 Å². The highest BCUT2D eigenvalue weighted by Crippen LogP contribution is 2.12. The van der Waals surface area contributed by atoms with Crippen molar-refractivity contribution in [3.05, 3.63) is 18.5 Å². The van der Waals surface area contributed by atoms with Gasteiger partial charge < -0.3 is 19.9 Å². The van der Waals surface area contributed by atoms with Crippen LogP contribution < -0.4 is 10.2 Å². The number of guanidine groups is 1. The van der Waals surface area contributed by atoms with Crippen LogP contribution >= 0.6 is 24.0 Å². The topological polar surface area (TPSA) is 65.9 Å². The van der Waals surface area contributed by atoms with Crippen molar-refractivity contribution in [2.24, 2.45) is 4.99 Å². The van der Waals surface area contributed by atoms with Gasteiger partial charge in [0, 0.05) is 58.8 Å². The van der Waals surface area contributed by atoms with Crippen molar-refractivity contribution < 1.29 is 4.74 Å². The SMILES string of the molecule is CN=C(NCC1CCCO1)N1CCN(c2ncccn2)CC1.I. The molecule has 23 heavy (non-hydrogen) atoms. The van der Waals surface area contributed by atoms with Crippen molar-refractivity contribution in [2.45, 2.75) is 18.9 Å². The number of hydrogen-bond acceptors (Lipinski definition) is 5. The van der Waals surface area contributed by atoms with Crippen LogP contribution in [-0.4, -0.2) is 73.3 Å². The molecule has 0 aromatic carbocycles. The first-order valence-corrected chi connectivity index (χ1v) is 7.96. The van der Waals surface area contributed by atoms with Crippen molar-refractivity contribution in [2.75, 3.05) is 51.3 Å². The van der Waals surface area contributed by atoms with Gasteiger partial charge in [0.25, 0.3) is 0 Å². The van der Waals surface area contributed by atoms with Crippen LogP contribution in [0.1, 0.15) is 12.8 Å². The Hall–Kier alpha value is -1.16. The van der Waals surface area contributed by atoms with Crippen LogP contribution in [-0.2, 0) is 4.74 Å². The van der Waals surface area contributed by atoms with Crippen molar-refractivity contribution in [1.82, 2.24) is 20.2 Å². The molecule has 8 heteroatoms. The highest BCUT2D eigenvalue weighted by Gasteiger charge is 2.22. The van der Waals surface area contributed by atoms with E-state index in [0.29, 0.717) is 6.10 Å². The summed E-state index contributed by atoms with van der Waals surface area (Å²) in [4.78, 5) is 17.5. The Labute approximate surface area is 154 Å². The van der Waals surface area contributed by atoms with Gasteiger partial charge in [0.1, 0.15) is 0 Å². The summed E-state index contributed by atoms with van der Waals surface area (Å²) >= 11 is 0. The molecule has 2 saturated heterocycles. The molecule has 3 heterocycles. The normalized spacial score (nSPS) is 22.0. The average molecular weight is 432 g/mol. The van der Waals surface area contributed by atoms with Crippen molar-refractivity contribution in [3.63, 3.8) is 0 Å². The van der Waals surface area contributed by atoms with Crippen LogP contribution in [0.25, 0.3) is 0 Å². The predicted octanol–water partition coefficient (Wildman–Crippen LogP) is 0.971. The Balaban J connectivity index is 0.00000192. The van der Waals surface area contributed by atoms with E-state index >= 15 is 0 Å². The third-order valence-corrected chi connectivity index (χ3v) is 4.14. The molecular formula is C15H25IN6O. The Kier molecular flexibility index (Phi) is 7.28. The minimum atomic E-state index is 0. The lowest BCUT2D eigenvalue weighted by Gasteiger charge is -2.36. The molecule has 0 radical (unpaired) electrons. The van der Waals surface area contributed by atoms with Crippen molar-refractivity contribution in [1.29, 1.82) is 0 Å². The van der Waals surface area contributed by atoms with Crippen LogP contribution in [0.15, 0.2) is 23.5 Å². The number of nitrogens with one attached hydrogen (secondary N) is 1. The Morgan fingerprint density at radius 1 is 1.30 bits per heavy atom. The number of nitrogens with zero attached hydrogens (tertiary/aromatic N) is 5. The Bertz CT molecular complexity index is 486. The molecule has 1 aromatic rings. The van der Waals surface area contributed by atoms with Crippen LogP contribution in [0.2, 0.25) is 0 Å². The summed E-state index contributed by atoms with van der Waals surface area (Å²) in [6.45, 7) is 5.39. The first-order valence-electron chi connectivity index (χ1n) is 7.96. The number of aromatic nitrogens is 2. The van der Waals surface area contributed by atoms with Gasteiger partial charge in [-0.2, -0.15) is 0 Å². The Morgan fingerprint density at radius 2 is 2.04 bits per heavy atom. The fourth-order valence-corrected chi connectivity index (χ4v) is 2.92. The summed E-state index contributed by atoms with van der Waals surface area (Å²) in [6, 6.07) is 1.84. The molecule has 0 amide bonds. The summed E-state index contributed by atoms with van der Waals surface area (Å²) in [6.07, 6.45) is 6.22. The third-order valence-electron chi connectivity index (χ3n) is 4.14. The number of halogens is 1. The second-order valence-corrected chi connectivity index (χ2v) is 5.59. The summed E-state index contributed by atoms with van der Waals surface area (Å²) in [7, 11) is 1.84. The van der Waals surface area contributed by atoms with Gasteiger partial charge in [0.05, 0.1) is 6.10 Å². The quantitative estimate of drug-likeness (QED) is 0.437. The average Bonchev–Trinajstić information content (AvgIpc) is 3.10. The maximum atomic E-state index is 5.65. The lowest BCUT2D eigenvalue weighted by atomic mass is 10.2. The van der Waals surface area contributed by atoms with Crippen LogP contribution in [0.5, 0.6) is 0 Å². The van der Waals surface area contributed by atoms with Crippen molar-refractivity contribution in [3.8, 4) is 0 Å². The molecule has 0 aliphatic carbocycles. The zero-order chi connectivity index (χ0) is 15.2. The maximum Gasteiger partial charge on any atom is 0.225 e. The fraction of sp³-hybridized carbons (Fsp3) is 0.667. The van der Waals surface area contributed by atoms with E-state index < -0.39 is 0 Å². The molecule has 0 bridgehead atoms. The smallest absolute Gasteiger partial charge is 0.225 e. The molecule has 2 aliphatic rings. The molecule has 1 atom stereocenters. The molecule has 1 N–H and O–H groups in total. The van der Waals surface area contributed by atoms with Crippen LogP contribution in [0.3, 0.4) is 0 Å². The van der Waals surface area contributed by atoms with E-state index in [1.54, 1.807) is 12.4 Å². The van der Waals surface area contributed by atoms with E-state index in [4.69, 9.17) is 4.74 Å². The molecule has 0 spiro atoms. The van der Waals surface area contributed by atoms with E-state index in [-0.39, 0.29) is 24.0 Å². The molecule has 1 aromatic heterocycles.